The zero-order valence-corrected chi connectivity index (χ0v) is 12.2. The van der Waals surface area contributed by atoms with Crippen LogP contribution in [0.1, 0.15) is 6.42 Å². The fraction of sp³-hybridized carbons (Fsp3) is 0.375. The van der Waals surface area contributed by atoms with E-state index in [0.29, 0.717) is 0 Å². The highest BCUT2D eigenvalue weighted by molar-refractivity contribution is 5.72. The van der Waals surface area contributed by atoms with Gasteiger partial charge in [0.25, 0.3) is 0 Å². The molecule has 5 heteroatoms. The number of aromatic hydroxyl groups is 1. The van der Waals surface area contributed by atoms with Crippen LogP contribution in [0.3, 0.4) is 0 Å². The molecule has 1 saturated heterocycles. The van der Waals surface area contributed by atoms with Crippen molar-refractivity contribution in [2.24, 2.45) is 0 Å². The molecular formula is C16H20N4O. The van der Waals surface area contributed by atoms with E-state index < -0.39 is 0 Å². The van der Waals surface area contributed by atoms with E-state index in [0.717, 1.165) is 49.7 Å². The fourth-order valence-corrected chi connectivity index (χ4v) is 2.68. The molecule has 21 heavy (non-hydrogen) atoms. The van der Waals surface area contributed by atoms with Gasteiger partial charge in [-0.1, -0.05) is 12.1 Å². The summed E-state index contributed by atoms with van der Waals surface area (Å²) in [7, 11) is 2.15. The summed E-state index contributed by atoms with van der Waals surface area (Å²) in [6.07, 6.45) is 4.55. The number of benzene rings is 1. The molecule has 0 radical (unpaired) electrons. The van der Waals surface area contributed by atoms with Crippen molar-refractivity contribution in [2.45, 2.75) is 6.42 Å². The van der Waals surface area contributed by atoms with E-state index in [1.54, 1.807) is 24.5 Å². The molecule has 0 aliphatic carbocycles. The Hall–Kier alpha value is -2.14. The van der Waals surface area contributed by atoms with Crippen molar-refractivity contribution < 1.29 is 5.11 Å². The third kappa shape index (κ3) is 3.13. The van der Waals surface area contributed by atoms with Crippen LogP contribution < -0.4 is 4.90 Å². The Morgan fingerprint density at radius 3 is 2.76 bits per heavy atom. The van der Waals surface area contributed by atoms with Crippen LogP contribution in [0.15, 0.2) is 36.7 Å². The van der Waals surface area contributed by atoms with Gasteiger partial charge in [-0.3, -0.25) is 4.98 Å². The summed E-state index contributed by atoms with van der Waals surface area (Å²) < 4.78 is 0. The fourth-order valence-electron chi connectivity index (χ4n) is 2.68. The van der Waals surface area contributed by atoms with Gasteiger partial charge in [-0.25, -0.2) is 4.98 Å². The van der Waals surface area contributed by atoms with Gasteiger partial charge < -0.3 is 14.9 Å². The standard InChI is InChI=1S/C16H20N4O/c1-19-8-3-9-20(11-10-19)16-15(17-6-7-18-16)13-4-2-5-14(21)12-13/h2,4-7,12,21H,3,8-11H2,1H3. The Morgan fingerprint density at radius 2 is 1.90 bits per heavy atom. The Labute approximate surface area is 124 Å². The minimum Gasteiger partial charge on any atom is -0.508 e. The lowest BCUT2D eigenvalue weighted by atomic mass is 10.1. The lowest BCUT2D eigenvalue weighted by Gasteiger charge is -2.23. The van der Waals surface area contributed by atoms with Crippen LogP contribution in [0.2, 0.25) is 0 Å². The molecule has 0 bridgehead atoms. The molecule has 0 amide bonds. The molecule has 1 aliphatic heterocycles. The number of phenolic OH excluding ortho intramolecular Hbond substituents is 1. The lowest BCUT2D eigenvalue weighted by Crippen LogP contribution is -2.30. The number of aromatic nitrogens is 2. The van der Waals surface area contributed by atoms with E-state index in [1.807, 2.05) is 12.1 Å². The van der Waals surface area contributed by atoms with Crippen molar-refractivity contribution in [1.29, 1.82) is 0 Å². The highest BCUT2D eigenvalue weighted by Crippen LogP contribution is 2.29. The predicted molar refractivity (Wildman–Crippen MR) is 83.5 cm³/mol. The molecule has 1 aromatic heterocycles. The van der Waals surface area contributed by atoms with Gasteiger partial charge in [-0.15, -0.1) is 0 Å². The van der Waals surface area contributed by atoms with E-state index in [2.05, 4.69) is 26.8 Å². The Balaban J connectivity index is 1.96. The quantitative estimate of drug-likeness (QED) is 0.914. The average Bonchev–Trinajstić information content (AvgIpc) is 2.72. The van der Waals surface area contributed by atoms with Crippen molar-refractivity contribution in [1.82, 2.24) is 14.9 Å². The molecule has 2 heterocycles. The third-order valence-corrected chi connectivity index (χ3v) is 3.82. The second kappa shape index (κ2) is 6.10. The number of hydrogen-bond acceptors (Lipinski definition) is 5. The number of rotatable bonds is 2. The summed E-state index contributed by atoms with van der Waals surface area (Å²) in [6.45, 7) is 4.06. The largest absolute Gasteiger partial charge is 0.508 e. The van der Waals surface area contributed by atoms with Crippen LogP contribution in [0.25, 0.3) is 11.3 Å². The minimum absolute atomic E-state index is 0.250. The van der Waals surface area contributed by atoms with Crippen molar-refractivity contribution in [2.75, 3.05) is 38.1 Å². The lowest BCUT2D eigenvalue weighted by molar-refractivity contribution is 0.360. The normalized spacial score (nSPS) is 16.7. The molecule has 0 spiro atoms. The van der Waals surface area contributed by atoms with Crippen LogP contribution in [0.4, 0.5) is 5.82 Å². The van der Waals surface area contributed by atoms with E-state index >= 15 is 0 Å². The second-order valence-corrected chi connectivity index (χ2v) is 5.42. The molecular weight excluding hydrogens is 264 g/mol. The number of likely N-dealkylation sites (N-methyl/N-ethyl adjacent to an activating group) is 1. The van der Waals surface area contributed by atoms with Gasteiger partial charge in [-0.2, -0.15) is 0 Å². The summed E-state index contributed by atoms with van der Waals surface area (Å²) in [4.78, 5) is 13.6. The second-order valence-electron chi connectivity index (χ2n) is 5.42. The number of phenols is 1. The van der Waals surface area contributed by atoms with Crippen molar-refractivity contribution in [3.63, 3.8) is 0 Å². The maximum atomic E-state index is 9.69. The predicted octanol–water partition coefficient (Wildman–Crippen LogP) is 1.99. The van der Waals surface area contributed by atoms with E-state index in [1.165, 1.54) is 0 Å². The maximum absolute atomic E-state index is 9.69. The first-order valence-electron chi connectivity index (χ1n) is 7.28. The first-order chi connectivity index (χ1) is 10.2. The first-order valence-corrected chi connectivity index (χ1v) is 7.28. The van der Waals surface area contributed by atoms with Crippen LogP contribution >= 0.6 is 0 Å². The zero-order valence-electron chi connectivity index (χ0n) is 12.2. The Morgan fingerprint density at radius 1 is 1.05 bits per heavy atom. The van der Waals surface area contributed by atoms with Gasteiger partial charge in [0.15, 0.2) is 5.82 Å². The topological polar surface area (TPSA) is 52.5 Å². The van der Waals surface area contributed by atoms with Crippen molar-refractivity contribution >= 4 is 5.82 Å². The molecule has 0 atom stereocenters. The molecule has 1 N–H and O–H groups in total. The molecule has 0 unspecified atom stereocenters. The summed E-state index contributed by atoms with van der Waals surface area (Å²) >= 11 is 0. The molecule has 0 saturated carbocycles. The molecule has 5 nitrogen and oxygen atoms in total. The van der Waals surface area contributed by atoms with E-state index in [-0.39, 0.29) is 5.75 Å². The first kappa shape index (κ1) is 13.8. The minimum atomic E-state index is 0.250. The maximum Gasteiger partial charge on any atom is 0.155 e. The van der Waals surface area contributed by atoms with Crippen LogP contribution in [0.5, 0.6) is 5.75 Å². The third-order valence-electron chi connectivity index (χ3n) is 3.82. The summed E-state index contributed by atoms with van der Waals surface area (Å²) in [5.74, 6) is 1.15. The molecule has 3 rings (SSSR count). The van der Waals surface area contributed by atoms with E-state index in [9.17, 15) is 5.11 Å². The highest BCUT2D eigenvalue weighted by atomic mass is 16.3. The average molecular weight is 284 g/mol. The molecule has 110 valence electrons. The van der Waals surface area contributed by atoms with Gasteiger partial charge >= 0.3 is 0 Å². The zero-order chi connectivity index (χ0) is 14.7. The van der Waals surface area contributed by atoms with Gasteiger partial charge in [0.2, 0.25) is 0 Å². The van der Waals surface area contributed by atoms with Gasteiger partial charge in [0.1, 0.15) is 11.4 Å². The molecule has 1 fully saturated rings. The molecule has 1 aromatic carbocycles. The van der Waals surface area contributed by atoms with Crippen LogP contribution in [-0.4, -0.2) is 53.2 Å². The van der Waals surface area contributed by atoms with E-state index in [4.69, 9.17) is 0 Å². The van der Waals surface area contributed by atoms with Crippen LogP contribution in [0, 0.1) is 0 Å². The summed E-state index contributed by atoms with van der Waals surface area (Å²) in [5.41, 5.74) is 1.73. The molecule has 2 aromatic rings. The summed E-state index contributed by atoms with van der Waals surface area (Å²) in [5, 5.41) is 9.69. The number of anilines is 1. The SMILES string of the molecule is CN1CCCN(c2nccnc2-c2cccc(O)c2)CC1. The number of nitrogens with zero attached hydrogens (tertiary/aromatic N) is 4. The van der Waals surface area contributed by atoms with Crippen molar-refractivity contribution in [3.8, 4) is 17.0 Å². The number of hydrogen-bond donors (Lipinski definition) is 1. The molecule has 1 aliphatic rings. The van der Waals surface area contributed by atoms with Crippen LogP contribution in [-0.2, 0) is 0 Å². The van der Waals surface area contributed by atoms with Gasteiger partial charge in [-0.05, 0) is 32.1 Å². The smallest absolute Gasteiger partial charge is 0.155 e. The van der Waals surface area contributed by atoms with Crippen molar-refractivity contribution in [3.05, 3.63) is 36.7 Å². The summed E-state index contributed by atoms with van der Waals surface area (Å²) in [6, 6.07) is 7.19. The highest BCUT2D eigenvalue weighted by Gasteiger charge is 2.18. The monoisotopic (exact) mass is 284 g/mol. The Bertz CT molecular complexity index is 617. The Kier molecular flexibility index (Phi) is 4.01. The van der Waals surface area contributed by atoms with Gasteiger partial charge in [0.05, 0.1) is 0 Å². The van der Waals surface area contributed by atoms with Gasteiger partial charge in [0, 0.05) is 37.6 Å².